The van der Waals surface area contributed by atoms with Crippen LogP contribution in [0.1, 0.15) is 31.4 Å². The maximum absolute atomic E-state index is 13.4. The number of fused-ring (bicyclic) bond motifs is 1. The first-order valence-corrected chi connectivity index (χ1v) is 11.5. The second kappa shape index (κ2) is 10.4. The zero-order valence-electron chi connectivity index (χ0n) is 19.5. The molecule has 0 atom stereocenters. The highest BCUT2D eigenvalue weighted by Gasteiger charge is 2.30. The first-order valence-electron chi connectivity index (χ1n) is 11.5. The fourth-order valence-electron chi connectivity index (χ4n) is 4.57. The first-order chi connectivity index (χ1) is 16.3. The second-order valence-corrected chi connectivity index (χ2v) is 8.98. The number of alkyl halides is 3. The van der Waals surface area contributed by atoms with Gasteiger partial charge in [-0.25, -0.2) is 0 Å². The molecule has 34 heavy (non-hydrogen) atoms. The Labute approximate surface area is 198 Å². The van der Waals surface area contributed by atoms with E-state index in [2.05, 4.69) is 46.5 Å². The number of hydrogen-bond donors (Lipinski definition) is 2. The molecule has 5 nitrogen and oxygen atoms in total. The largest absolute Gasteiger partial charge is 0.406 e. The number of halogens is 3. The Hall–Kier alpha value is -3.18. The lowest BCUT2D eigenvalue weighted by Gasteiger charge is -2.33. The van der Waals surface area contributed by atoms with Crippen LogP contribution in [0.25, 0.3) is 10.9 Å². The van der Waals surface area contributed by atoms with Crippen LogP contribution in [0.2, 0.25) is 0 Å². The van der Waals surface area contributed by atoms with E-state index in [0.29, 0.717) is 29.8 Å². The Morgan fingerprint density at radius 2 is 1.91 bits per heavy atom. The van der Waals surface area contributed by atoms with Gasteiger partial charge < -0.3 is 20.1 Å². The number of hydrogen-bond acceptors (Lipinski definition) is 4. The van der Waals surface area contributed by atoms with Crippen molar-refractivity contribution in [1.82, 2.24) is 14.5 Å². The fourth-order valence-corrected chi connectivity index (χ4v) is 4.57. The third-order valence-electron chi connectivity index (χ3n) is 6.33. The van der Waals surface area contributed by atoms with E-state index in [1.165, 1.54) is 4.57 Å². The van der Waals surface area contributed by atoms with Gasteiger partial charge in [-0.05, 0) is 76.0 Å². The molecular formula is C26H30F3N5. The van der Waals surface area contributed by atoms with Crippen LogP contribution in [0.3, 0.4) is 0 Å². The van der Waals surface area contributed by atoms with Gasteiger partial charge in [-0.2, -0.15) is 13.2 Å². The minimum Gasteiger partial charge on any atom is -0.382 e. The van der Waals surface area contributed by atoms with E-state index in [4.69, 9.17) is 0 Å². The molecule has 180 valence electrons. The van der Waals surface area contributed by atoms with Crippen LogP contribution in [0.15, 0.2) is 48.8 Å². The van der Waals surface area contributed by atoms with E-state index in [0.717, 1.165) is 42.4 Å². The number of aromatic nitrogens is 2. The first kappa shape index (κ1) is 24.0. The number of nitrogens with zero attached hydrogens (tertiary/aromatic N) is 3. The molecule has 1 aliphatic carbocycles. The molecule has 1 saturated carbocycles. The highest BCUT2D eigenvalue weighted by atomic mass is 19.4. The van der Waals surface area contributed by atoms with Crippen molar-refractivity contribution in [1.29, 1.82) is 0 Å². The van der Waals surface area contributed by atoms with Gasteiger partial charge >= 0.3 is 6.18 Å². The lowest BCUT2D eigenvalue weighted by atomic mass is 9.90. The van der Waals surface area contributed by atoms with Crippen LogP contribution >= 0.6 is 0 Å². The zero-order valence-corrected chi connectivity index (χ0v) is 19.5. The van der Waals surface area contributed by atoms with Crippen LogP contribution in [0, 0.1) is 11.8 Å². The predicted octanol–water partition coefficient (Wildman–Crippen LogP) is 5.35. The van der Waals surface area contributed by atoms with Crippen LogP contribution in [-0.2, 0) is 6.54 Å². The van der Waals surface area contributed by atoms with Crippen molar-refractivity contribution in [3.05, 3.63) is 54.5 Å². The van der Waals surface area contributed by atoms with Gasteiger partial charge in [-0.1, -0.05) is 12.0 Å². The molecule has 0 unspecified atom stereocenters. The van der Waals surface area contributed by atoms with Crippen molar-refractivity contribution < 1.29 is 13.2 Å². The summed E-state index contributed by atoms with van der Waals surface area (Å²) in [5, 5.41) is 7.47. The quantitative estimate of drug-likeness (QED) is 0.478. The molecule has 1 aromatic carbocycles. The summed E-state index contributed by atoms with van der Waals surface area (Å²) in [6, 6.07) is 11.8. The van der Waals surface area contributed by atoms with Crippen molar-refractivity contribution in [3.63, 3.8) is 0 Å². The Bertz CT molecular complexity index is 1150. The summed E-state index contributed by atoms with van der Waals surface area (Å²) < 4.78 is 41.5. The van der Waals surface area contributed by atoms with E-state index >= 15 is 0 Å². The SMILES string of the molecule is CN(C)C1CCC(Nc2cccc3c2cc(C#CCNc2cccnc2)n3CC(F)(F)F)CC1. The van der Waals surface area contributed by atoms with E-state index in [-0.39, 0.29) is 0 Å². The maximum atomic E-state index is 13.4. The molecular weight excluding hydrogens is 439 g/mol. The van der Waals surface area contributed by atoms with Crippen molar-refractivity contribution in [2.75, 3.05) is 31.3 Å². The number of anilines is 2. The number of pyridine rings is 1. The molecule has 2 aromatic heterocycles. The summed E-state index contributed by atoms with van der Waals surface area (Å²) in [6.07, 6.45) is 3.29. The average Bonchev–Trinajstić information content (AvgIpc) is 3.14. The summed E-state index contributed by atoms with van der Waals surface area (Å²) >= 11 is 0. The van der Waals surface area contributed by atoms with E-state index in [1.807, 2.05) is 18.2 Å². The van der Waals surface area contributed by atoms with E-state index in [9.17, 15) is 13.2 Å². The second-order valence-electron chi connectivity index (χ2n) is 8.98. The summed E-state index contributed by atoms with van der Waals surface area (Å²) in [4.78, 5) is 6.29. The van der Waals surface area contributed by atoms with Crippen molar-refractivity contribution in [2.45, 2.75) is 50.5 Å². The molecule has 0 spiro atoms. The molecule has 0 amide bonds. The minimum absolute atomic E-state index is 0.305. The Morgan fingerprint density at radius 1 is 1.12 bits per heavy atom. The van der Waals surface area contributed by atoms with Crippen LogP contribution in [0.4, 0.5) is 24.5 Å². The van der Waals surface area contributed by atoms with Crippen molar-refractivity contribution >= 4 is 22.3 Å². The molecule has 1 fully saturated rings. The molecule has 2 heterocycles. The lowest BCUT2D eigenvalue weighted by Crippen LogP contribution is -2.36. The molecule has 0 radical (unpaired) electrons. The van der Waals surface area contributed by atoms with Gasteiger partial charge in [0.1, 0.15) is 6.54 Å². The van der Waals surface area contributed by atoms with Gasteiger partial charge in [-0.3, -0.25) is 4.98 Å². The Balaban J connectivity index is 1.57. The zero-order chi connectivity index (χ0) is 24.1. The lowest BCUT2D eigenvalue weighted by molar-refractivity contribution is -0.140. The Morgan fingerprint density at radius 3 is 2.59 bits per heavy atom. The molecule has 2 N–H and O–H groups in total. The molecule has 3 aromatic rings. The highest BCUT2D eigenvalue weighted by Crippen LogP contribution is 2.32. The Kier molecular flexibility index (Phi) is 7.32. The number of nitrogens with one attached hydrogen (secondary N) is 2. The van der Waals surface area contributed by atoms with Crippen molar-refractivity contribution in [3.8, 4) is 11.8 Å². The predicted molar refractivity (Wildman–Crippen MR) is 131 cm³/mol. The average molecular weight is 470 g/mol. The third kappa shape index (κ3) is 6.03. The standard InChI is InChI=1S/C26H30F3N5/c1-33(2)21-12-10-19(11-13-21)32-24-8-3-9-25-23(24)16-22(34(25)18-26(27,28)29)7-5-15-31-20-6-4-14-30-17-20/h3-4,6,8-9,14,16-17,19,21,31-32H,10-13,15,18H2,1-2H3. The number of rotatable bonds is 6. The molecule has 8 heteroatoms. The van der Waals surface area contributed by atoms with E-state index in [1.54, 1.807) is 30.6 Å². The van der Waals surface area contributed by atoms with Gasteiger partial charge in [0.2, 0.25) is 0 Å². The summed E-state index contributed by atoms with van der Waals surface area (Å²) in [6.45, 7) is -0.770. The van der Waals surface area contributed by atoms with E-state index < -0.39 is 12.7 Å². The number of benzene rings is 1. The smallest absolute Gasteiger partial charge is 0.382 e. The van der Waals surface area contributed by atoms with Crippen molar-refractivity contribution in [2.24, 2.45) is 0 Å². The highest BCUT2D eigenvalue weighted by molar-refractivity contribution is 5.94. The summed E-state index contributed by atoms with van der Waals surface area (Å²) in [5.41, 5.74) is 2.56. The fraction of sp³-hybridized carbons (Fsp3) is 0.423. The van der Waals surface area contributed by atoms with Crippen LogP contribution < -0.4 is 10.6 Å². The topological polar surface area (TPSA) is 45.1 Å². The van der Waals surface area contributed by atoms with Gasteiger partial charge in [0.25, 0.3) is 0 Å². The molecule has 4 rings (SSSR count). The maximum Gasteiger partial charge on any atom is 0.406 e. The third-order valence-corrected chi connectivity index (χ3v) is 6.33. The van der Waals surface area contributed by atoms with Gasteiger partial charge in [0.05, 0.1) is 23.4 Å². The molecule has 1 aliphatic rings. The monoisotopic (exact) mass is 469 g/mol. The van der Waals surface area contributed by atoms with Crippen LogP contribution in [-0.4, -0.2) is 53.4 Å². The molecule has 0 bridgehead atoms. The summed E-state index contributed by atoms with van der Waals surface area (Å²) in [7, 11) is 4.22. The van der Waals surface area contributed by atoms with Gasteiger partial charge in [-0.15, -0.1) is 0 Å². The van der Waals surface area contributed by atoms with Gasteiger partial charge in [0, 0.05) is 35.6 Å². The van der Waals surface area contributed by atoms with Gasteiger partial charge in [0.15, 0.2) is 0 Å². The minimum atomic E-state index is -4.34. The normalized spacial score (nSPS) is 18.5. The summed E-state index contributed by atoms with van der Waals surface area (Å²) in [5.74, 6) is 5.89. The molecule has 0 saturated heterocycles. The molecule has 0 aliphatic heterocycles. The van der Waals surface area contributed by atoms with Crippen LogP contribution in [0.5, 0.6) is 0 Å².